The monoisotopic (exact) mass is 268 g/mol. The average Bonchev–Trinajstić information content (AvgIpc) is 2.42. The van der Waals surface area contributed by atoms with Gasteiger partial charge in [0.25, 0.3) is 0 Å². The van der Waals surface area contributed by atoms with Crippen molar-refractivity contribution in [2.45, 2.75) is 57.8 Å². The molecule has 1 nitrogen and oxygen atoms in total. The fraction of sp³-hybridized carbons (Fsp3) is 0.750. The zero-order valence-corrected chi connectivity index (χ0v) is 12.5. The minimum atomic E-state index is 0.934. The maximum atomic E-state index is 5.65. The van der Waals surface area contributed by atoms with Gasteiger partial charge in [-0.1, -0.05) is 36.6 Å². The molecule has 0 aromatic rings. The Bertz CT molecular complexity index is 245. The van der Waals surface area contributed by atoms with Gasteiger partial charge in [0, 0.05) is 13.2 Å². The lowest BCUT2D eigenvalue weighted by molar-refractivity contribution is 0.126. The van der Waals surface area contributed by atoms with E-state index in [-0.39, 0.29) is 0 Å². The average molecular weight is 268 g/mol. The van der Waals surface area contributed by atoms with Crippen LogP contribution in [0.3, 0.4) is 0 Å². The zero-order valence-electron chi connectivity index (χ0n) is 11.6. The predicted molar refractivity (Wildman–Crippen MR) is 83.4 cm³/mol. The van der Waals surface area contributed by atoms with Gasteiger partial charge < -0.3 is 4.74 Å². The molecule has 0 saturated heterocycles. The van der Waals surface area contributed by atoms with Crippen molar-refractivity contribution in [3.8, 4) is 0 Å². The summed E-state index contributed by atoms with van der Waals surface area (Å²) in [6, 6.07) is 0. The SMILES string of the molecule is SCCCCCCOCCCCC1=CCCC=C1. The van der Waals surface area contributed by atoms with Crippen LogP contribution in [-0.2, 0) is 4.74 Å². The first-order valence-electron chi connectivity index (χ1n) is 7.47. The van der Waals surface area contributed by atoms with E-state index in [2.05, 4.69) is 30.9 Å². The van der Waals surface area contributed by atoms with Crippen LogP contribution in [0.1, 0.15) is 57.8 Å². The van der Waals surface area contributed by atoms with Crippen molar-refractivity contribution in [1.29, 1.82) is 0 Å². The molecule has 0 radical (unpaired) electrons. The summed E-state index contributed by atoms with van der Waals surface area (Å²) in [5, 5.41) is 0. The van der Waals surface area contributed by atoms with Crippen molar-refractivity contribution in [2.24, 2.45) is 0 Å². The molecule has 1 rings (SSSR count). The molecule has 0 aromatic carbocycles. The van der Waals surface area contributed by atoms with E-state index in [0.29, 0.717) is 0 Å². The minimum Gasteiger partial charge on any atom is -0.381 e. The van der Waals surface area contributed by atoms with Crippen LogP contribution in [-0.4, -0.2) is 19.0 Å². The summed E-state index contributed by atoms with van der Waals surface area (Å²) in [5.41, 5.74) is 1.52. The van der Waals surface area contributed by atoms with Gasteiger partial charge in [0.1, 0.15) is 0 Å². The van der Waals surface area contributed by atoms with E-state index < -0.39 is 0 Å². The smallest absolute Gasteiger partial charge is 0.0466 e. The van der Waals surface area contributed by atoms with Crippen LogP contribution >= 0.6 is 12.6 Å². The fourth-order valence-corrected chi connectivity index (χ4v) is 2.38. The van der Waals surface area contributed by atoms with Crippen molar-refractivity contribution in [3.05, 3.63) is 23.8 Å². The number of hydrogen-bond acceptors (Lipinski definition) is 2. The van der Waals surface area contributed by atoms with Crippen molar-refractivity contribution in [3.63, 3.8) is 0 Å². The second-order valence-corrected chi connectivity index (χ2v) is 5.41. The third-order valence-corrected chi connectivity index (χ3v) is 3.59. The highest BCUT2D eigenvalue weighted by Crippen LogP contribution is 2.15. The zero-order chi connectivity index (χ0) is 12.9. The first kappa shape index (κ1) is 15.8. The van der Waals surface area contributed by atoms with Crippen molar-refractivity contribution < 1.29 is 4.74 Å². The summed E-state index contributed by atoms with van der Waals surface area (Å²) in [7, 11) is 0. The molecule has 0 atom stereocenters. The predicted octanol–water partition coefficient (Wildman–Crippen LogP) is 4.94. The molecule has 0 amide bonds. The molecule has 0 aliphatic heterocycles. The fourth-order valence-electron chi connectivity index (χ4n) is 2.16. The Morgan fingerprint density at radius 1 is 0.944 bits per heavy atom. The molecular formula is C16H28OS. The molecular weight excluding hydrogens is 240 g/mol. The lowest BCUT2D eigenvalue weighted by Crippen LogP contribution is -1.97. The molecule has 0 spiro atoms. The lowest BCUT2D eigenvalue weighted by Gasteiger charge is -2.07. The number of ether oxygens (including phenoxy) is 1. The van der Waals surface area contributed by atoms with Gasteiger partial charge in [-0.3, -0.25) is 0 Å². The van der Waals surface area contributed by atoms with Crippen molar-refractivity contribution >= 4 is 12.6 Å². The van der Waals surface area contributed by atoms with Gasteiger partial charge >= 0.3 is 0 Å². The van der Waals surface area contributed by atoms with Crippen LogP contribution in [0.25, 0.3) is 0 Å². The number of hydrogen-bond donors (Lipinski definition) is 1. The second kappa shape index (κ2) is 11.9. The highest BCUT2D eigenvalue weighted by Gasteiger charge is 1.97. The number of rotatable bonds is 11. The van der Waals surface area contributed by atoms with Crippen LogP contribution in [0.15, 0.2) is 23.8 Å². The third-order valence-electron chi connectivity index (χ3n) is 3.27. The largest absolute Gasteiger partial charge is 0.381 e. The summed E-state index contributed by atoms with van der Waals surface area (Å²) in [4.78, 5) is 0. The Balaban J connectivity index is 1.78. The Kier molecular flexibility index (Phi) is 10.4. The number of allylic oxidation sites excluding steroid dienone is 4. The molecule has 0 heterocycles. The van der Waals surface area contributed by atoms with E-state index in [0.717, 1.165) is 19.0 Å². The highest BCUT2D eigenvalue weighted by atomic mass is 32.1. The summed E-state index contributed by atoms with van der Waals surface area (Å²) in [5.74, 6) is 1.02. The van der Waals surface area contributed by atoms with Crippen LogP contribution in [0.4, 0.5) is 0 Å². The van der Waals surface area contributed by atoms with Crippen LogP contribution in [0, 0.1) is 0 Å². The molecule has 0 N–H and O–H groups in total. The summed E-state index contributed by atoms with van der Waals surface area (Å²) >= 11 is 4.21. The van der Waals surface area contributed by atoms with Gasteiger partial charge in [-0.05, 0) is 50.7 Å². The van der Waals surface area contributed by atoms with Gasteiger partial charge in [0.05, 0.1) is 0 Å². The van der Waals surface area contributed by atoms with Gasteiger partial charge in [-0.25, -0.2) is 0 Å². The Hall–Kier alpha value is -0.210. The minimum absolute atomic E-state index is 0.934. The number of unbranched alkanes of at least 4 members (excludes halogenated alkanes) is 4. The summed E-state index contributed by atoms with van der Waals surface area (Å²) < 4.78 is 5.65. The molecule has 1 aliphatic carbocycles. The molecule has 0 unspecified atom stereocenters. The Morgan fingerprint density at radius 2 is 1.72 bits per heavy atom. The van der Waals surface area contributed by atoms with Crippen molar-refractivity contribution in [2.75, 3.05) is 19.0 Å². The van der Waals surface area contributed by atoms with Crippen LogP contribution in [0.5, 0.6) is 0 Å². The van der Waals surface area contributed by atoms with Crippen molar-refractivity contribution in [1.82, 2.24) is 0 Å². The van der Waals surface area contributed by atoms with Crippen LogP contribution < -0.4 is 0 Å². The maximum Gasteiger partial charge on any atom is 0.0466 e. The van der Waals surface area contributed by atoms with E-state index in [1.54, 1.807) is 0 Å². The Morgan fingerprint density at radius 3 is 2.44 bits per heavy atom. The van der Waals surface area contributed by atoms with E-state index >= 15 is 0 Å². The van der Waals surface area contributed by atoms with E-state index in [1.807, 2.05) is 0 Å². The third kappa shape index (κ3) is 8.82. The molecule has 104 valence electrons. The van der Waals surface area contributed by atoms with Gasteiger partial charge in [0.15, 0.2) is 0 Å². The topological polar surface area (TPSA) is 9.23 Å². The van der Waals surface area contributed by atoms with E-state index in [4.69, 9.17) is 4.74 Å². The summed E-state index contributed by atoms with van der Waals surface area (Å²) in [6.07, 6.45) is 18.1. The first-order chi connectivity index (χ1) is 8.93. The first-order valence-corrected chi connectivity index (χ1v) is 8.11. The maximum absolute atomic E-state index is 5.65. The van der Waals surface area contributed by atoms with E-state index in [1.165, 1.54) is 63.4 Å². The Labute approximate surface area is 118 Å². The quantitative estimate of drug-likeness (QED) is 0.412. The number of thiol groups is 1. The van der Waals surface area contributed by atoms with Gasteiger partial charge in [-0.15, -0.1) is 0 Å². The molecule has 0 bridgehead atoms. The molecule has 1 aliphatic rings. The van der Waals surface area contributed by atoms with E-state index in [9.17, 15) is 0 Å². The second-order valence-electron chi connectivity index (χ2n) is 4.97. The molecule has 0 saturated carbocycles. The molecule has 0 aromatic heterocycles. The van der Waals surface area contributed by atoms with Gasteiger partial charge in [-0.2, -0.15) is 12.6 Å². The summed E-state index contributed by atoms with van der Waals surface area (Å²) in [6.45, 7) is 1.87. The standard InChI is InChI=1S/C16H28OS/c18-15-9-2-1-7-13-17-14-8-6-12-16-10-4-3-5-11-16/h4,10-11,18H,1-3,5-9,12-15H2. The normalized spacial score (nSPS) is 14.8. The molecule has 0 fully saturated rings. The molecule has 2 heteroatoms. The van der Waals surface area contributed by atoms with Crippen LogP contribution in [0.2, 0.25) is 0 Å². The van der Waals surface area contributed by atoms with Gasteiger partial charge in [0.2, 0.25) is 0 Å². The lowest BCUT2D eigenvalue weighted by atomic mass is 10.0. The highest BCUT2D eigenvalue weighted by molar-refractivity contribution is 7.80. The molecule has 18 heavy (non-hydrogen) atoms.